The summed E-state index contributed by atoms with van der Waals surface area (Å²) in [5.41, 5.74) is 1.47. The molecule has 0 unspecified atom stereocenters. The van der Waals surface area contributed by atoms with E-state index < -0.39 is 24.2 Å². The quantitative estimate of drug-likeness (QED) is 0.392. The van der Waals surface area contributed by atoms with Gasteiger partial charge in [0.2, 0.25) is 5.78 Å². The van der Waals surface area contributed by atoms with Crippen LogP contribution in [-0.2, 0) is 31.3 Å². The first kappa shape index (κ1) is 27.3. The van der Waals surface area contributed by atoms with E-state index in [1.165, 1.54) is 12.0 Å². The van der Waals surface area contributed by atoms with Crippen molar-refractivity contribution in [2.24, 2.45) is 0 Å². The molecule has 1 aliphatic carbocycles. The Hall–Kier alpha value is -0.0957. The van der Waals surface area contributed by atoms with Crippen LogP contribution in [0.15, 0.2) is 23.8 Å². The molecule has 0 aromatic carbocycles. The summed E-state index contributed by atoms with van der Waals surface area (Å²) in [4.78, 5) is 19.9. The monoisotopic (exact) mass is 352 g/mol. The minimum absolute atomic E-state index is 0. The van der Waals surface area contributed by atoms with Crippen molar-refractivity contribution in [3.05, 3.63) is 23.8 Å². The summed E-state index contributed by atoms with van der Waals surface area (Å²) in [6.45, 7) is 3.07. The van der Waals surface area contributed by atoms with Crippen molar-refractivity contribution in [3.8, 4) is 0 Å². The summed E-state index contributed by atoms with van der Waals surface area (Å²) in [5, 5.41) is 0. The molecule has 0 amide bonds. The second-order valence-corrected chi connectivity index (χ2v) is 3.45. The van der Waals surface area contributed by atoms with Crippen LogP contribution in [-0.4, -0.2) is 17.7 Å². The van der Waals surface area contributed by atoms with Gasteiger partial charge in [-0.2, -0.15) is 13.2 Å². The first-order valence-electron chi connectivity index (χ1n) is 4.65. The van der Waals surface area contributed by atoms with Gasteiger partial charge in [-0.15, -0.1) is 0 Å². The summed E-state index contributed by atoms with van der Waals surface area (Å²) in [6.07, 6.45) is 1.64. The molecule has 0 heterocycles. The van der Waals surface area contributed by atoms with Crippen LogP contribution in [0.4, 0.5) is 13.2 Å². The predicted octanol–water partition coefficient (Wildman–Crippen LogP) is -3.00. The van der Waals surface area contributed by atoms with Gasteiger partial charge in [0.25, 0.3) is 0 Å². The molecule has 108 valence electrons. The van der Waals surface area contributed by atoms with Gasteiger partial charge in [0.1, 0.15) is 5.78 Å². The Morgan fingerprint density at radius 1 is 1.26 bits per heavy atom. The van der Waals surface area contributed by atoms with Crippen LogP contribution < -0.4 is 24.8 Å². The second kappa shape index (κ2) is 12.9. The van der Waals surface area contributed by atoms with Crippen molar-refractivity contribution in [3.63, 3.8) is 0 Å². The average molecular weight is 353 g/mol. The smallest absolute Gasteiger partial charge is 1.00 e. The largest absolute Gasteiger partial charge is 2.00 e. The molecule has 1 aliphatic rings. The van der Waals surface area contributed by atoms with E-state index in [-0.39, 0.29) is 46.5 Å². The molecular weight excluding hydrogens is 340 g/mol. The predicted molar refractivity (Wildman–Crippen MR) is 53.9 cm³/mol. The minimum atomic E-state index is -4.87. The van der Waals surface area contributed by atoms with Crippen LogP contribution in [0.25, 0.3) is 0 Å². The molecule has 0 saturated carbocycles. The van der Waals surface area contributed by atoms with Crippen LogP contribution in [0.3, 0.4) is 0 Å². The minimum Gasteiger partial charge on any atom is -1.00 e. The van der Waals surface area contributed by atoms with E-state index in [0.717, 1.165) is 6.92 Å². The molecule has 8 heteroatoms. The normalized spacial score (nSPS) is 11.7. The Kier molecular flexibility index (Phi) is 18.5. The zero-order chi connectivity index (χ0) is 12.8. The van der Waals surface area contributed by atoms with E-state index >= 15 is 0 Å². The maximum absolute atomic E-state index is 11.3. The van der Waals surface area contributed by atoms with E-state index in [9.17, 15) is 22.8 Å². The number of hydrogen-bond acceptors (Lipinski definition) is 2. The third kappa shape index (κ3) is 15.8. The van der Waals surface area contributed by atoms with Gasteiger partial charge in [-0.3, -0.25) is 9.59 Å². The summed E-state index contributed by atoms with van der Waals surface area (Å²) >= 11 is 0. The van der Waals surface area contributed by atoms with Gasteiger partial charge in [0.05, 0.1) is 6.42 Å². The number of allylic oxidation sites excluding steroid dienone is 4. The molecule has 2 nitrogen and oxygen atoms in total. The molecule has 0 aromatic rings. The molecule has 0 fully saturated rings. The Morgan fingerprint density at radius 3 is 1.84 bits per heavy atom. The Morgan fingerprint density at radius 2 is 1.74 bits per heavy atom. The number of Topliss-reactive ketones (excluding diaryl/α,β-unsaturated/α-hetero) is 2. The van der Waals surface area contributed by atoms with E-state index in [2.05, 4.69) is 25.2 Å². The third-order valence-corrected chi connectivity index (χ3v) is 1.68. The van der Waals surface area contributed by atoms with Crippen LogP contribution >= 0.6 is 0 Å². The fraction of sp³-hybridized carbons (Fsp3) is 0.455. The van der Waals surface area contributed by atoms with Gasteiger partial charge in [-0.25, -0.2) is 0 Å². The molecule has 1 rings (SSSR count). The van der Waals surface area contributed by atoms with Gasteiger partial charge in [0.15, 0.2) is 0 Å². The van der Waals surface area contributed by atoms with Crippen molar-refractivity contribution < 1.29 is 69.3 Å². The molecule has 0 radical (unpaired) electrons. The second-order valence-electron chi connectivity index (χ2n) is 3.45. The van der Waals surface area contributed by atoms with Crippen LogP contribution in [0.1, 0.15) is 26.7 Å². The summed E-state index contributed by atoms with van der Waals surface area (Å²) in [6, 6.07) is 0. The number of rotatable bonds is 2. The van der Waals surface area contributed by atoms with E-state index in [4.69, 9.17) is 0 Å². The molecule has 0 N–H and O–H groups in total. The van der Waals surface area contributed by atoms with Gasteiger partial charge < -0.3 is 24.8 Å². The number of hydrogen-bond donors (Lipinski definition) is 0. The topological polar surface area (TPSA) is 34.1 Å². The van der Waals surface area contributed by atoms with Gasteiger partial charge in [-0.05, 0) is 20.3 Å². The maximum Gasteiger partial charge on any atom is 2.00 e. The Bertz CT molecular complexity index is 339. The summed E-state index contributed by atoms with van der Waals surface area (Å²) in [7, 11) is 0. The van der Waals surface area contributed by atoms with Crippen molar-refractivity contribution in [1.82, 2.24) is 0 Å². The number of carbonyl (C=O) groups excluding carboxylic acids is 2. The van der Waals surface area contributed by atoms with Gasteiger partial charge >= 0.3 is 27.9 Å². The van der Waals surface area contributed by atoms with E-state index in [0.29, 0.717) is 0 Å². The van der Waals surface area contributed by atoms with Crippen molar-refractivity contribution >= 4 is 11.6 Å². The van der Waals surface area contributed by atoms with Crippen LogP contribution in [0, 0.1) is 0 Å². The Balaban J connectivity index is -0.000000110. The van der Waals surface area contributed by atoms with Crippen molar-refractivity contribution in [2.45, 2.75) is 32.9 Å². The number of carbonyl (C=O) groups is 2. The third-order valence-electron chi connectivity index (χ3n) is 1.68. The van der Waals surface area contributed by atoms with E-state index in [1.54, 1.807) is 0 Å². The van der Waals surface area contributed by atoms with Crippen molar-refractivity contribution in [1.29, 1.82) is 0 Å². The van der Waals surface area contributed by atoms with E-state index in [1.807, 2.05) is 0 Å². The number of alkyl halides is 3. The molecule has 19 heavy (non-hydrogen) atoms. The molecule has 0 aromatic heterocycles. The molecule has 0 bridgehead atoms. The fourth-order valence-electron chi connectivity index (χ4n) is 0.881. The first-order chi connectivity index (χ1) is 7.23. The summed E-state index contributed by atoms with van der Waals surface area (Å²) < 4.78 is 33.9. The maximum atomic E-state index is 11.3. The number of ketones is 2. The van der Waals surface area contributed by atoms with Crippen LogP contribution in [0.5, 0.6) is 0 Å². The first-order valence-corrected chi connectivity index (χ1v) is 4.65. The molecule has 0 spiro atoms. The zero-order valence-corrected chi connectivity index (χ0v) is 13.4. The van der Waals surface area contributed by atoms with Crippen LogP contribution in [0.2, 0.25) is 0 Å². The summed E-state index contributed by atoms with van der Waals surface area (Å²) in [5.74, 6) is -2.76. The standard InChI is InChI=1S/C6H8.C5H5F3O2.2ClH.Ti/c1-6-4-2-3-5-6;1-3(9)2-4(10)5(6,7)8;;;/h2-4H,5H2,1H3;2H2,1H3;2*1H;/q;;;;+2/p-2. The molecule has 0 atom stereocenters. The van der Waals surface area contributed by atoms with Gasteiger partial charge in [-0.1, -0.05) is 23.8 Å². The fourth-order valence-corrected chi connectivity index (χ4v) is 0.881. The van der Waals surface area contributed by atoms with Crippen molar-refractivity contribution in [2.75, 3.05) is 0 Å². The SMILES string of the molecule is CC(=O)CC(=O)C(F)(F)F.CC1=CC=CC1.[Cl-].[Cl-].[Ti+2]. The van der Waals surface area contributed by atoms with Gasteiger partial charge in [0, 0.05) is 0 Å². The molecule has 0 saturated heterocycles. The molecule has 0 aliphatic heterocycles. The average Bonchev–Trinajstić information content (AvgIpc) is 2.54. The molecular formula is C11H13Cl2F3O2Ti. The Labute approximate surface area is 137 Å². The zero-order valence-electron chi connectivity index (χ0n) is 10.4. The number of halogens is 5.